The molecule has 0 spiro atoms. The maximum atomic E-state index is 13.6. The highest BCUT2D eigenvalue weighted by atomic mass is 19.1. The summed E-state index contributed by atoms with van der Waals surface area (Å²) in [4.78, 5) is 13.7. The number of nitrogens with zero attached hydrogens (tertiary/aromatic N) is 1. The zero-order valence-corrected chi connectivity index (χ0v) is 12.2. The summed E-state index contributed by atoms with van der Waals surface area (Å²) < 4.78 is 13.6. The molecule has 1 unspecified atom stereocenters. The number of hydrogen-bond acceptors (Lipinski definition) is 2. The van der Waals surface area contributed by atoms with E-state index in [0.29, 0.717) is 24.9 Å². The monoisotopic (exact) mass is 279 g/mol. The maximum absolute atomic E-state index is 13.6. The van der Waals surface area contributed by atoms with E-state index in [2.05, 4.69) is 0 Å². The average molecular weight is 279 g/mol. The number of likely N-dealkylation sites (tertiary alicyclic amines) is 1. The third kappa shape index (κ3) is 2.70. The van der Waals surface area contributed by atoms with Crippen LogP contribution < -0.4 is 0 Å². The Hall–Kier alpha value is -1.42. The molecular weight excluding hydrogens is 257 g/mol. The molecule has 1 saturated heterocycles. The molecule has 1 N–H and O–H groups in total. The first-order valence-corrected chi connectivity index (χ1v) is 7.23. The van der Waals surface area contributed by atoms with E-state index in [9.17, 15) is 14.3 Å². The van der Waals surface area contributed by atoms with Gasteiger partial charge in [0.2, 0.25) is 0 Å². The van der Waals surface area contributed by atoms with Crippen molar-refractivity contribution in [1.82, 2.24) is 4.90 Å². The van der Waals surface area contributed by atoms with E-state index in [1.54, 1.807) is 13.0 Å². The first-order valence-electron chi connectivity index (χ1n) is 7.23. The van der Waals surface area contributed by atoms with Gasteiger partial charge in [-0.3, -0.25) is 9.69 Å². The number of halogens is 1. The lowest BCUT2D eigenvalue weighted by molar-refractivity contribution is -0.150. The fraction of sp³-hybridized carbons (Fsp3) is 0.562. The van der Waals surface area contributed by atoms with E-state index in [1.165, 1.54) is 6.07 Å². The minimum atomic E-state index is -0.768. The Morgan fingerprint density at radius 3 is 2.85 bits per heavy atom. The lowest BCUT2D eigenvalue weighted by atomic mass is 9.90. The molecule has 0 amide bonds. The molecule has 0 radical (unpaired) electrons. The summed E-state index contributed by atoms with van der Waals surface area (Å²) in [6, 6.07) is 5.16. The van der Waals surface area contributed by atoms with Crippen LogP contribution in [0.25, 0.3) is 0 Å². The van der Waals surface area contributed by atoms with Crippen molar-refractivity contribution in [2.75, 3.05) is 6.54 Å². The van der Waals surface area contributed by atoms with Crippen LogP contribution in [0.4, 0.5) is 4.39 Å². The van der Waals surface area contributed by atoms with Gasteiger partial charge in [0.1, 0.15) is 11.4 Å². The van der Waals surface area contributed by atoms with E-state index in [1.807, 2.05) is 17.9 Å². The second-order valence-corrected chi connectivity index (χ2v) is 5.70. The molecule has 4 heteroatoms. The molecule has 20 heavy (non-hydrogen) atoms. The third-order valence-electron chi connectivity index (χ3n) is 4.30. The molecule has 2 rings (SSSR count). The normalized spacial score (nSPS) is 23.1. The van der Waals surface area contributed by atoms with Crippen molar-refractivity contribution >= 4 is 5.97 Å². The van der Waals surface area contributed by atoms with Gasteiger partial charge < -0.3 is 5.11 Å². The van der Waals surface area contributed by atoms with Crippen LogP contribution in [0, 0.1) is 12.7 Å². The summed E-state index contributed by atoms with van der Waals surface area (Å²) >= 11 is 0. The van der Waals surface area contributed by atoms with E-state index < -0.39 is 11.5 Å². The molecule has 110 valence electrons. The second kappa shape index (κ2) is 5.92. The number of aryl methyl sites for hydroxylation is 1. The zero-order chi connectivity index (χ0) is 14.8. The number of aliphatic carboxylic acids is 1. The van der Waals surface area contributed by atoms with Crippen LogP contribution in [-0.4, -0.2) is 28.1 Å². The van der Waals surface area contributed by atoms with E-state index >= 15 is 0 Å². The molecule has 3 nitrogen and oxygen atoms in total. The molecule has 1 aliphatic rings. The highest BCUT2D eigenvalue weighted by Crippen LogP contribution is 2.35. The van der Waals surface area contributed by atoms with Crippen LogP contribution in [0.2, 0.25) is 0 Å². The number of benzene rings is 1. The first-order chi connectivity index (χ1) is 9.49. The summed E-state index contributed by atoms with van der Waals surface area (Å²) in [6.07, 6.45) is 3.06. The van der Waals surface area contributed by atoms with Gasteiger partial charge in [-0.1, -0.05) is 25.5 Å². The number of carboxylic acid groups (broad SMARTS) is 1. The smallest absolute Gasteiger partial charge is 0.324 e. The van der Waals surface area contributed by atoms with Crippen LogP contribution in [0.5, 0.6) is 0 Å². The van der Waals surface area contributed by atoms with Gasteiger partial charge in [0.05, 0.1) is 0 Å². The van der Waals surface area contributed by atoms with Crippen molar-refractivity contribution in [3.05, 3.63) is 35.1 Å². The standard InChI is InChI=1S/C16H22FNO2/c1-3-7-16(15(19)20)8-4-9-18(16)11-13-6-5-12(2)14(17)10-13/h5-6,10H,3-4,7-9,11H2,1-2H3,(H,19,20). The first kappa shape index (κ1) is 15.0. The summed E-state index contributed by atoms with van der Waals surface area (Å²) in [6.45, 7) is 5.01. The van der Waals surface area contributed by atoms with Gasteiger partial charge in [-0.25, -0.2) is 4.39 Å². The predicted molar refractivity (Wildman–Crippen MR) is 76.1 cm³/mol. The Kier molecular flexibility index (Phi) is 4.43. The van der Waals surface area contributed by atoms with Crippen LogP contribution in [0.1, 0.15) is 43.7 Å². The van der Waals surface area contributed by atoms with Gasteiger partial charge in [0.25, 0.3) is 0 Å². The van der Waals surface area contributed by atoms with Crippen molar-refractivity contribution in [2.24, 2.45) is 0 Å². The lowest BCUT2D eigenvalue weighted by Gasteiger charge is -2.34. The Bertz CT molecular complexity index is 503. The molecule has 1 aromatic rings. The fourth-order valence-electron chi connectivity index (χ4n) is 3.17. The summed E-state index contributed by atoms with van der Waals surface area (Å²) in [5.41, 5.74) is 0.695. The predicted octanol–water partition coefficient (Wildman–Crippen LogP) is 3.35. The van der Waals surface area contributed by atoms with Crippen LogP contribution in [-0.2, 0) is 11.3 Å². The SMILES string of the molecule is CCCC1(C(=O)O)CCCN1Cc1ccc(C)c(F)c1. The number of carboxylic acids is 1. The number of hydrogen-bond donors (Lipinski definition) is 1. The molecule has 0 saturated carbocycles. The molecule has 0 aromatic heterocycles. The fourth-order valence-corrected chi connectivity index (χ4v) is 3.17. The molecule has 1 fully saturated rings. The maximum Gasteiger partial charge on any atom is 0.324 e. The number of rotatable bonds is 5. The van der Waals surface area contributed by atoms with Crippen LogP contribution in [0.3, 0.4) is 0 Å². The molecule has 1 aromatic carbocycles. The van der Waals surface area contributed by atoms with Gasteiger partial charge in [-0.2, -0.15) is 0 Å². The van der Waals surface area contributed by atoms with Gasteiger partial charge in [-0.05, 0) is 49.9 Å². The lowest BCUT2D eigenvalue weighted by Crippen LogP contribution is -2.49. The minimum Gasteiger partial charge on any atom is -0.480 e. The van der Waals surface area contributed by atoms with Gasteiger partial charge in [0, 0.05) is 6.54 Å². The average Bonchev–Trinajstić information content (AvgIpc) is 2.79. The van der Waals surface area contributed by atoms with Crippen LogP contribution >= 0.6 is 0 Å². The quantitative estimate of drug-likeness (QED) is 0.898. The van der Waals surface area contributed by atoms with Crippen molar-refractivity contribution < 1.29 is 14.3 Å². The number of carbonyl (C=O) groups is 1. The molecule has 1 atom stereocenters. The third-order valence-corrected chi connectivity index (χ3v) is 4.30. The molecular formula is C16H22FNO2. The Morgan fingerprint density at radius 2 is 2.25 bits per heavy atom. The summed E-state index contributed by atoms with van der Waals surface area (Å²) in [5, 5.41) is 9.63. The highest BCUT2D eigenvalue weighted by molar-refractivity contribution is 5.79. The largest absolute Gasteiger partial charge is 0.480 e. The minimum absolute atomic E-state index is 0.224. The topological polar surface area (TPSA) is 40.5 Å². The van der Waals surface area contributed by atoms with Gasteiger partial charge in [-0.15, -0.1) is 0 Å². The van der Waals surface area contributed by atoms with Crippen molar-refractivity contribution in [3.63, 3.8) is 0 Å². The molecule has 0 aliphatic carbocycles. The molecule has 0 bridgehead atoms. The van der Waals surface area contributed by atoms with Crippen molar-refractivity contribution in [2.45, 2.75) is 51.6 Å². The van der Waals surface area contributed by atoms with E-state index in [-0.39, 0.29) is 5.82 Å². The van der Waals surface area contributed by atoms with Crippen molar-refractivity contribution in [1.29, 1.82) is 0 Å². The Morgan fingerprint density at radius 1 is 1.50 bits per heavy atom. The van der Waals surface area contributed by atoms with E-state index in [4.69, 9.17) is 0 Å². The highest BCUT2D eigenvalue weighted by Gasteiger charge is 2.46. The summed E-state index contributed by atoms with van der Waals surface area (Å²) in [5.74, 6) is -0.970. The molecule has 1 heterocycles. The van der Waals surface area contributed by atoms with Gasteiger partial charge >= 0.3 is 5.97 Å². The Balaban J connectivity index is 2.22. The zero-order valence-electron chi connectivity index (χ0n) is 12.2. The van der Waals surface area contributed by atoms with Crippen molar-refractivity contribution in [3.8, 4) is 0 Å². The van der Waals surface area contributed by atoms with E-state index in [0.717, 1.165) is 24.9 Å². The van der Waals surface area contributed by atoms with Crippen LogP contribution in [0.15, 0.2) is 18.2 Å². The Labute approximate surface area is 119 Å². The molecule has 1 aliphatic heterocycles. The van der Waals surface area contributed by atoms with Gasteiger partial charge in [0.15, 0.2) is 0 Å². The summed E-state index contributed by atoms with van der Waals surface area (Å²) in [7, 11) is 0. The second-order valence-electron chi connectivity index (χ2n) is 5.70.